The van der Waals surface area contributed by atoms with Gasteiger partial charge in [0.1, 0.15) is 0 Å². The average molecular weight is 421 g/mol. The van der Waals surface area contributed by atoms with Crippen LogP contribution in [-0.4, -0.2) is 46.8 Å². The standard InChI is InChI=1S/C24H28N4OS/c1-17-22-20(28(26-17)19-8-3-2-4-9-19)11-10-18-16-21(30-23(18)22)24(29)25-12-7-15-27-13-5-6-14-27/h2-4,8-9,16H,5-7,10-15H2,1H3,(H,25,29). The zero-order chi connectivity index (χ0) is 20.5. The van der Waals surface area contributed by atoms with Crippen LogP contribution in [0.2, 0.25) is 0 Å². The van der Waals surface area contributed by atoms with Gasteiger partial charge in [0.25, 0.3) is 5.91 Å². The summed E-state index contributed by atoms with van der Waals surface area (Å²) in [5, 5.41) is 7.96. The lowest BCUT2D eigenvalue weighted by Gasteiger charge is -2.14. The third-order valence-electron chi connectivity index (χ3n) is 6.18. The van der Waals surface area contributed by atoms with Gasteiger partial charge < -0.3 is 10.2 Å². The third-order valence-corrected chi connectivity index (χ3v) is 7.38. The van der Waals surface area contributed by atoms with Gasteiger partial charge in [-0.3, -0.25) is 4.79 Å². The SMILES string of the molecule is Cc1nn(-c2ccccc2)c2c1-c1sc(C(=O)NCCCN3CCCC3)cc1CC2. The number of amides is 1. The van der Waals surface area contributed by atoms with Crippen molar-refractivity contribution in [3.05, 3.63) is 58.2 Å². The normalized spacial score (nSPS) is 15.8. The van der Waals surface area contributed by atoms with Crippen LogP contribution in [0.15, 0.2) is 36.4 Å². The molecule has 1 saturated heterocycles. The van der Waals surface area contributed by atoms with Crippen LogP contribution in [0.3, 0.4) is 0 Å². The summed E-state index contributed by atoms with van der Waals surface area (Å²) < 4.78 is 2.07. The van der Waals surface area contributed by atoms with Gasteiger partial charge in [0.05, 0.1) is 22.0 Å². The van der Waals surface area contributed by atoms with Crippen LogP contribution in [0.5, 0.6) is 0 Å². The molecule has 1 amide bonds. The van der Waals surface area contributed by atoms with Crippen LogP contribution >= 0.6 is 11.3 Å². The Morgan fingerprint density at radius 1 is 1.17 bits per heavy atom. The van der Waals surface area contributed by atoms with E-state index in [1.54, 1.807) is 11.3 Å². The molecule has 1 aliphatic carbocycles. The van der Waals surface area contributed by atoms with Crippen molar-refractivity contribution in [1.82, 2.24) is 20.0 Å². The van der Waals surface area contributed by atoms with Crippen molar-refractivity contribution in [2.75, 3.05) is 26.2 Å². The van der Waals surface area contributed by atoms with Crippen LogP contribution in [0.4, 0.5) is 0 Å². The first-order chi connectivity index (χ1) is 14.7. The number of aryl methyl sites for hydroxylation is 2. The fourth-order valence-corrected chi connectivity index (χ4v) is 5.92. The molecule has 30 heavy (non-hydrogen) atoms. The second-order valence-corrected chi connectivity index (χ2v) is 9.33. The molecule has 5 rings (SSSR count). The Balaban J connectivity index is 1.32. The average Bonchev–Trinajstić information content (AvgIpc) is 3.50. The summed E-state index contributed by atoms with van der Waals surface area (Å²) in [6, 6.07) is 12.4. The van der Waals surface area contributed by atoms with E-state index in [1.807, 2.05) is 18.2 Å². The largest absolute Gasteiger partial charge is 0.351 e. The van der Waals surface area contributed by atoms with Gasteiger partial charge in [-0.25, -0.2) is 4.68 Å². The van der Waals surface area contributed by atoms with Gasteiger partial charge in [0.2, 0.25) is 0 Å². The number of hydrogen-bond acceptors (Lipinski definition) is 4. The van der Waals surface area contributed by atoms with E-state index < -0.39 is 0 Å². The van der Waals surface area contributed by atoms with E-state index in [1.165, 1.54) is 47.6 Å². The summed E-state index contributed by atoms with van der Waals surface area (Å²) in [5.41, 5.74) is 5.89. The Morgan fingerprint density at radius 2 is 1.97 bits per heavy atom. The minimum Gasteiger partial charge on any atom is -0.351 e. The highest BCUT2D eigenvalue weighted by Gasteiger charge is 2.27. The van der Waals surface area contributed by atoms with Crippen LogP contribution in [0.1, 0.15) is 45.9 Å². The molecule has 2 aromatic heterocycles. The number of rotatable bonds is 6. The Morgan fingerprint density at radius 3 is 2.77 bits per heavy atom. The molecule has 1 aliphatic heterocycles. The van der Waals surface area contributed by atoms with E-state index in [4.69, 9.17) is 5.10 Å². The predicted octanol–water partition coefficient (Wildman–Crippen LogP) is 4.22. The molecule has 3 aromatic rings. The van der Waals surface area contributed by atoms with Gasteiger partial charge in [0, 0.05) is 17.0 Å². The molecule has 0 atom stereocenters. The Kier molecular flexibility index (Phi) is 5.44. The minimum absolute atomic E-state index is 0.0606. The molecule has 0 bridgehead atoms. The van der Waals surface area contributed by atoms with Crippen molar-refractivity contribution >= 4 is 17.2 Å². The maximum absolute atomic E-state index is 12.7. The number of fused-ring (bicyclic) bond motifs is 3. The van der Waals surface area contributed by atoms with E-state index in [0.717, 1.165) is 48.6 Å². The summed E-state index contributed by atoms with van der Waals surface area (Å²) in [5.74, 6) is 0.0606. The summed E-state index contributed by atoms with van der Waals surface area (Å²) in [4.78, 5) is 17.3. The number of likely N-dealkylation sites (tertiary alicyclic amines) is 1. The number of hydrogen-bond donors (Lipinski definition) is 1. The number of aromatic nitrogens is 2. The van der Waals surface area contributed by atoms with E-state index in [0.29, 0.717) is 0 Å². The predicted molar refractivity (Wildman–Crippen MR) is 122 cm³/mol. The molecule has 0 saturated carbocycles. The topological polar surface area (TPSA) is 50.2 Å². The van der Waals surface area contributed by atoms with Gasteiger partial charge >= 0.3 is 0 Å². The Bertz CT molecular complexity index is 1050. The van der Waals surface area contributed by atoms with Gasteiger partial charge in [0.15, 0.2) is 0 Å². The zero-order valence-electron chi connectivity index (χ0n) is 17.5. The number of thiophene rings is 1. The van der Waals surface area contributed by atoms with Gasteiger partial charge in [-0.05, 0) is 82.4 Å². The lowest BCUT2D eigenvalue weighted by molar-refractivity contribution is 0.0956. The number of para-hydroxylation sites is 1. The van der Waals surface area contributed by atoms with Crippen molar-refractivity contribution in [2.24, 2.45) is 0 Å². The molecule has 0 spiro atoms. The lowest BCUT2D eigenvalue weighted by atomic mass is 9.95. The maximum Gasteiger partial charge on any atom is 0.261 e. The zero-order valence-corrected chi connectivity index (χ0v) is 18.3. The Labute approximate surface area is 181 Å². The summed E-state index contributed by atoms with van der Waals surface area (Å²) in [6.07, 6.45) is 5.55. The van der Waals surface area contributed by atoms with Crippen molar-refractivity contribution in [2.45, 2.75) is 39.0 Å². The molecule has 1 aromatic carbocycles. The van der Waals surface area contributed by atoms with Crippen LogP contribution in [-0.2, 0) is 12.8 Å². The highest BCUT2D eigenvalue weighted by molar-refractivity contribution is 7.17. The smallest absolute Gasteiger partial charge is 0.261 e. The second-order valence-electron chi connectivity index (χ2n) is 8.28. The number of nitrogens with zero attached hydrogens (tertiary/aromatic N) is 3. The summed E-state index contributed by atoms with van der Waals surface area (Å²) >= 11 is 1.62. The number of carbonyl (C=O) groups excluding carboxylic acids is 1. The number of carbonyl (C=O) groups is 1. The van der Waals surface area contributed by atoms with Crippen LogP contribution in [0.25, 0.3) is 16.1 Å². The molecular formula is C24H28N4OS. The molecule has 5 nitrogen and oxygen atoms in total. The van der Waals surface area contributed by atoms with Crippen molar-refractivity contribution < 1.29 is 4.79 Å². The number of benzene rings is 1. The van der Waals surface area contributed by atoms with Crippen molar-refractivity contribution in [1.29, 1.82) is 0 Å². The van der Waals surface area contributed by atoms with E-state index in [2.05, 4.69) is 40.0 Å². The van der Waals surface area contributed by atoms with Gasteiger partial charge in [-0.15, -0.1) is 11.3 Å². The second kappa shape index (κ2) is 8.36. The van der Waals surface area contributed by atoms with Crippen LogP contribution in [0, 0.1) is 6.92 Å². The minimum atomic E-state index is 0.0606. The lowest BCUT2D eigenvalue weighted by Crippen LogP contribution is -2.28. The molecule has 156 valence electrons. The van der Waals surface area contributed by atoms with Crippen LogP contribution < -0.4 is 5.32 Å². The molecule has 6 heteroatoms. The molecule has 0 unspecified atom stereocenters. The monoisotopic (exact) mass is 420 g/mol. The van der Waals surface area contributed by atoms with Gasteiger partial charge in [-0.1, -0.05) is 18.2 Å². The van der Waals surface area contributed by atoms with E-state index in [-0.39, 0.29) is 5.91 Å². The Hall–Kier alpha value is -2.44. The first-order valence-electron chi connectivity index (χ1n) is 11.0. The molecular weight excluding hydrogens is 392 g/mol. The molecule has 2 aliphatic rings. The van der Waals surface area contributed by atoms with Crippen molar-refractivity contribution in [3.8, 4) is 16.1 Å². The fourth-order valence-electron chi connectivity index (χ4n) is 4.67. The summed E-state index contributed by atoms with van der Waals surface area (Å²) in [7, 11) is 0. The molecule has 0 radical (unpaired) electrons. The molecule has 1 fully saturated rings. The first-order valence-corrected chi connectivity index (χ1v) is 11.8. The van der Waals surface area contributed by atoms with E-state index >= 15 is 0 Å². The molecule has 3 heterocycles. The van der Waals surface area contributed by atoms with E-state index in [9.17, 15) is 4.79 Å². The van der Waals surface area contributed by atoms with Crippen molar-refractivity contribution in [3.63, 3.8) is 0 Å². The fraction of sp³-hybridized carbons (Fsp3) is 0.417. The van der Waals surface area contributed by atoms with Gasteiger partial charge in [-0.2, -0.15) is 5.10 Å². The number of nitrogens with one attached hydrogen (secondary N) is 1. The highest BCUT2D eigenvalue weighted by Crippen LogP contribution is 2.42. The third kappa shape index (κ3) is 3.70. The first kappa shape index (κ1) is 19.5. The summed E-state index contributed by atoms with van der Waals surface area (Å²) in [6.45, 7) is 6.33. The quantitative estimate of drug-likeness (QED) is 0.608. The maximum atomic E-state index is 12.7. The molecule has 1 N–H and O–H groups in total. The highest BCUT2D eigenvalue weighted by atomic mass is 32.1.